The van der Waals surface area contributed by atoms with Crippen molar-refractivity contribution >= 4 is 40.0 Å². The molecule has 0 radical (unpaired) electrons. The number of sulfonamides is 1. The molecule has 6 nitrogen and oxygen atoms in total. The number of nitrogens with zero attached hydrogens (tertiary/aromatic N) is 1. The third-order valence-electron chi connectivity index (χ3n) is 4.25. The van der Waals surface area contributed by atoms with Crippen molar-refractivity contribution in [2.45, 2.75) is 43.8 Å². The summed E-state index contributed by atoms with van der Waals surface area (Å²) in [6, 6.07) is 13.2. The maximum absolute atomic E-state index is 13.3. The van der Waals surface area contributed by atoms with Crippen molar-refractivity contribution in [3.8, 4) is 0 Å². The molecule has 1 saturated carbocycles. The standard InChI is InChI=1S/C20H25FN4O2S.HI/c1-2-22-20(24-14-16-4-3-5-17(21)12-16)23-13-15-6-10-19(11-7-15)28(26,27)25-18-8-9-18;/h3-7,10-12,18,25H,2,8-9,13-14H2,1H3,(H2,22,23,24);1H. The van der Waals surface area contributed by atoms with Gasteiger partial charge in [0.15, 0.2) is 5.96 Å². The molecule has 1 fully saturated rings. The molecular formula is C20H26FIN4O2S. The molecule has 0 amide bonds. The van der Waals surface area contributed by atoms with Gasteiger partial charge in [0.05, 0.1) is 11.4 Å². The third-order valence-corrected chi connectivity index (χ3v) is 5.78. The van der Waals surface area contributed by atoms with E-state index >= 15 is 0 Å². The van der Waals surface area contributed by atoms with Gasteiger partial charge in [0.2, 0.25) is 10.0 Å². The summed E-state index contributed by atoms with van der Waals surface area (Å²) < 4.78 is 40.4. The van der Waals surface area contributed by atoms with E-state index in [1.807, 2.05) is 13.0 Å². The summed E-state index contributed by atoms with van der Waals surface area (Å²) in [5.41, 5.74) is 1.72. The van der Waals surface area contributed by atoms with Gasteiger partial charge in [-0.05, 0) is 55.2 Å². The maximum Gasteiger partial charge on any atom is 0.240 e. The Hall–Kier alpha value is -1.72. The van der Waals surface area contributed by atoms with Crippen LogP contribution in [0, 0.1) is 5.82 Å². The number of nitrogens with one attached hydrogen (secondary N) is 3. The molecule has 29 heavy (non-hydrogen) atoms. The molecule has 0 atom stereocenters. The molecule has 2 aromatic rings. The van der Waals surface area contributed by atoms with Gasteiger partial charge in [0, 0.05) is 19.1 Å². The predicted molar refractivity (Wildman–Crippen MR) is 123 cm³/mol. The van der Waals surface area contributed by atoms with Gasteiger partial charge in [-0.3, -0.25) is 0 Å². The van der Waals surface area contributed by atoms with Gasteiger partial charge in [-0.15, -0.1) is 24.0 Å². The van der Waals surface area contributed by atoms with Crippen LogP contribution in [0.5, 0.6) is 0 Å². The van der Waals surface area contributed by atoms with Gasteiger partial charge in [0.1, 0.15) is 5.82 Å². The molecule has 0 aliphatic heterocycles. The average molecular weight is 532 g/mol. The average Bonchev–Trinajstić information content (AvgIpc) is 3.48. The minimum atomic E-state index is -3.43. The highest BCUT2D eigenvalue weighted by atomic mass is 127. The molecule has 0 saturated heterocycles. The van der Waals surface area contributed by atoms with Gasteiger partial charge in [-0.25, -0.2) is 22.5 Å². The van der Waals surface area contributed by atoms with E-state index in [9.17, 15) is 12.8 Å². The highest BCUT2D eigenvalue weighted by Gasteiger charge is 2.27. The molecule has 1 aliphatic rings. The highest BCUT2D eigenvalue weighted by molar-refractivity contribution is 14.0. The third kappa shape index (κ3) is 7.56. The number of aliphatic imine (C=N–C) groups is 1. The lowest BCUT2D eigenvalue weighted by Gasteiger charge is -2.12. The van der Waals surface area contributed by atoms with Crippen LogP contribution in [0.15, 0.2) is 58.4 Å². The van der Waals surface area contributed by atoms with Gasteiger partial charge < -0.3 is 10.6 Å². The molecule has 3 rings (SSSR count). The van der Waals surface area contributed by atoms with Crippen molar-refractivity contribution < 1.29 is 12.8 Å². The number of benzene rings is 2. The summed E-state index contributed by atoms with van der Waals surface area (Å²) in [5.74, 6) is 0.329. The molecule has 158 valence electrons. The van der Waals surface area contributed by atoms with Crippen LogP contribution in [0.25, 0.3) is 0 Å². The van der Waals surface area contributed by atoms with Gasteiger partial charge in [0.25, 0.3) is 0 Å². The number of hydrogen-bond donors (Lipinski definition) is 3. The normalized spacial score (nSPS) is 14.2. The second kappa shape index (κ2) is 10.9. The number of guanidine groups is 1. The van der Waals surface area contributed by atoms with Crippen LogP contribution in [0.4, 0.5) is 4.39 Å². The molecule has 9 heteroatoms. The molecule has 0 heterocycles. The largest absolute Gasteiger partial charge is 0.357 e. The van der Waals surface area contributed by atoms with Crippen LogP contribution >= 0.6 is 24.0 Å². The molecule has 0 bridgehead atoms. The Morgan fingerprint density at radius 2 is 1.83 bits per heavy atom. The van der Waals surface area contributed by atoms with Crippen LogP contribution in [0.1, 0.15) is 30.9 Å². The Labute approximate surface area is 188 Å². The number of hydrogen-bond acceptors (Lipinski definition) is 3. The van der Waals surface area contributed by atoms with Crippen molar-refractivity contribution in [2.75, 3.05) is 6.54 Å². The van der Waals surface area contributed by atoms with Crippen molar-refractivity contribution in [3.05, 3.63) is 65.5 Å². The molecule has 2 aromatic carbocycles. The van der Waals surface area contributed by atoms with E-state index in [0.29, 0.717) is 25.6 Å². The fourth-order valence-electron chi connectivity index (χ4n) is 2.61. The second-order valence-corrected chi connectivity index (χ2v) is 8.43. The second-order valence-electron chi connectivity index (χ2n) is 6.72. The Morgan fingerprint density at radius 1 is 1.10 bits per heavy atom. The molecule has 3 N–H and O–H groups in total. The van der Waals surface area contributed by atoms with Crippen LogP contribution in [-0.4, -0.2) is 27.0 Å². The molecule has 0 unspecified atom stereocenters. The van der Waals surface area contributed by atoms with E-state index in [1.54, 1.807) is 30.3 Å². The summed E-state index contributed by atoms with van der Waals surface area (Å²) in [4.78, 5) is 4.73. The van der Waals surface area contributed by atoms with Crippen molar-refractivity contribution in [1.29, 1.82) is 0 Å². The first-order valence-corrected chi connectivity index (χ1v) is 10.8. The quantitative estimate of drug-likeness (QED) is 0.277. The minimum Gasteiger partial charge on any atom is -0.357 e. The Morgan fingerprint density at radius 3 is 2.45 bits per heavy atom. The smallest absolute Gasteiger partial charge is 0.240 e. The van der Waals surface area contributed by atoms with Crippen molar-refractivity contribution in [1.82, 2.24) is 15.4 Å². The number of rotatable bonds is 8. The number of halogens is 2. The maximum atomic E-state index is 13.3. The first kappa shape index (κ1) is 23.6. The van der Waals surface area contributed by atoms with E-state index in [-0.39, 0.29) is 40.7 Å². The van der Waals surface area contributed by atoms with Gasteiger partial charge >= 0.3 is 0 Å². The first-order chi connectivity index (χ1) is 13.5. The van der Waals surface area contributed by atoms with Crippen molar-refractivity contribution in [3.63, 3.8) is 0 Å². The predicted octanol–water partition coefficient (Wildman–Crippen LogP) is 3.14. The Kier molecular flexibility index (Phi) is 8.84. The van der Waals surface area contributed by atoms with Gasteiger partial charge in [-0.2, -0.15) is 0 Å². The Balaban J connectivity index is 0.00000300. The van der Waals surface area contributed by atoms with Crippen LogP contribution in [-0.2, 0) is 23.1 Å². The van der Waals surface area contributed by atoms with E-state index in [4.69, 9.17) is 0 Å². The summed E-state index contributed by atoms with van der Waals surface area (Å²) in [7, 11) is -3.43. The summed E-state index contributed by atoms with van der Waals surface area (Å²) in [6.07, 6.45) is 1.81. The lowest BCUT2D eigenvalue weighted by atomic mass is 10.2. The zero-order valence-corrected chi connectivity index (χ0v) is 19.3. The summed E-state index contributed by atoms with van der Waals surface area (Å²) in [6.45, 7) is 3.51. The zero-order valence-electron chi connectivity index (χ0n) is 16.2. The fourth-order valence-corrected chi connectivity index (χ4v) is 3.91. The van der Waals surface area contributed by atoms with Gasteiger partial charge in [-0.1, -0.05) is 24.3 Å². The van der Waals surface area contributed by atoms with Crippen LogP contribution in [0.2, 0.25) is 0 Å². The van der Waals surface area contributed by atoms with E-state index in [2.05, 4.69) is 20.3 Å². The Bertz CT molecular complexity index is 932. The summed E-state index contributed by atoms with van der Waals surface area (Å²) >= 11 is 0. The van der Waals surface area contributed by atoms with Crippen molar-refractivity contribution in [2.24, 2.45) is 4.99 Å². The summed E-state index contributed by atoms with van der Waals surface area (Å²) in [5, 5.41) is 6.34. The molecule has 0 spiro atoms. The zero-order chi connectivity index (χ0) is 20.0. The lowest BCUT2D eigenvalue weighted by molar-refractivity contribution is 0.581. The minimum absolute atomic E-state index is 0. The van der Waals surface area contributed by atoms with E-state index in [0.717, 1.165) is 24.0 Å². The van der Waals surface area contributed by atoms with E-state index < -0.39 is 10.0 Å². The molecular weight excluding hydrogens is 506 g/mol. The SMILES string of the molecule is CCNC(=NCc1cccc(F)c1)NCc1ccc(S(=O)(=O)NC2CC2)cc1.I. The van der Waals surface area contributed by atoms with E-state index in [1.165, 1.54) is 12.1 Å². The topological polar surface area (TPSA) is 82.6 Å². The highest BCUT2D eigenvalue weighted by Crippen LogP contribution is 2.22. The lowest BCUT2D eigenvalue weighted by Crippen LogP contribution is -2.36. The van der Waals surface area contributed by atoms with Crippen LogP contribution in [0.3, 0.4) is 0 Å². The molecule has 1 aliphatic carbocycles. The monoisotopic (exact) mass is 532 g/mol. The first-order valence-electron chi connectivity index (χ1n) is 9.34. The molecule has 0 aromatic heterocycles. The van der Waals surface area contributed by atoms with Crippen LogP contribution < -0.4 is 15.4 Å². The fraction of sp³-hybridized carbons (Fsp3) is 0.350.